The molecule has 0 aromatic carbocycles. The largest absolute Gasteiger partial charge is 0.388 e. The van der Waals surface area contributed by atoms with Gasteiger partial charge in [-0.15, -0.1) is 0 Å². The van der Waals surface area contributed by atoms with Crippen molar-refractivity contribution >= 4 is 16.5 Å². The molecule has 1 fully saturated rings. The Morgan fingerprint density at radius 2 is 2.05 bits per heavy atom. The highest BCUT2D eigenvalue weighted by atomic mass is 32.1. The molecule has 0 radical (unpaired) electrons. The van der Waals surface area contributed by atoms with Crippen molar-refractivity contribution in [2.45, 2.75) is 65.0 Å². The van der Waals surface area contributed by atoms with Crippen LogP contribution < -0.4 is 4.90 Å². The molecule has 19 heavy (non-hydrogen) atoms. The van der Waals surface area contributed by atoms with Crippen LogP contribution in [0.25, 0.3) is 0 Å². The van der Waals surface area contributed by atoms with Gasteiger partial charge in [-0.2, -0.15) is 0 Å². The zero-order valence-corrected chi connectivity index (χ0v) is 13.1. The van der Waals surface area contributed by atoms with E-state index in [-0.39, 0.29) is 0 Å². The molecule has 1 unspecified atom stereocenters. The molecular formula is C15H26N2OS. The predicted molar refractivity (Wildman–Crippen MR) is 81.8 cm³/mol. The fourth-order valence-electron chi connectivity index (χ4n) is 2.65. The first-order valence-electron chi connectivity index (χ1n) is 7.48. The average molecular weight is 282 g/mol. The second kappa shape index (κ2) is 6.71. The van der Waals surface area contributed by atoms with Crippen LogP contribution in [0.4, 0.5) is 5.13 Å². The van der Waals surface area contributed by atoms with E-state index in [1.807, 2.05) is 13.1 Å². The number of anilines is 1. The van der Waals surface area contributed by atoms with Gasteiger partial charge in [0.1, 0.15) is 0 Å². The van der Waals surface area contributed by atoms with Crippen LogP contribution in [-0.2, 0) is 0 Å². The van der Waals surface area contributed by atoms with E-state index in [2.05, 4.69) is 23.7 Å². The number of hydrogen-bond donors (Lipinski definition) is 1. The first kappa shape index (κ1) is 14.8. The fourth-order valence-corrected chi connectivity index (χ4v) is 3.60. The minimum Gasteiger partial charge on any atom is -0.388 e. The zero-order chi connectivity index (χ0) is 13.8. The average Bonchev–Trinajstić information content (AvgIpc) is 2.98. The lowest BCUT2D eigenvalue weighted by molar-refractivity contribution is 0.203. The molecule has 2 rings (SSSR count). The highest BCUT2D eigenvalue weighted by Crippen LogP contribution is 2.33. The van der Waals surface area contributed by atoms with E-state index in [4.69, 9.17) is 0 Å². The minimum atomic E-state index is -0.401. The maximum Gasteiger partial charge on any atom is 0.185 e. The van der Waals surface area contributed by atoms with Gasteiger partial charge in [0.2, 0.25) is 0 Å². The third-order valence-electron chi connectivity index (χ3n) is 3.88. The van der Waals surface area contributed by atoms with Gasteiger partial charge in [-0.25, -0.2) is 4.98 Å². The SMILES string of the molecule is CC(C)CCN(c1ncc(C(C)O)s1)C1CCCC1. The van der Waals surface area contributed by atoms with E-state index in [0.717, 1.165) is 22.5 Å². The van der Waals surface area contributed by atoms with Crippen LogP contribution in [-0.4, -0.2) is 22.7 Å². The van der Waals surface area contributed by atoms with Crippen molar-refractivity contribution in [2.24, 2.45) is 5.92 Å². The molecule has 1 saturated carbocycles. The van der Waals surface area contributed by atoms with Crippen molar-refractivity contribution in [3.63, 3.8) is 0 Å². The van der Waals surface area contributed by atoms with Crippen molar-refractivity contribution in [2.75, 3.05) is 11.4 Å². The van der Waals surface area contributed by atoms with Gasteiger partial charge in [0.05, 0.1) is 11.0 Å². The molecule has 1 N–H and O–H groups in total. The van der Waals surface area contributed by atoms with E-state index in [1.54, 1.807) is 11.3 Å². The van der Waals surface area contributed by atoms with Crippen molar-refractivity contribution in [1.82, 2.24) is 4.98 Å². The maximum atomic E-state index is 9.65. The third-order valence-corrected chi connectivity index (χ3v) is 5.09. The molecule has 0 saturated heterocycles. The van der Waals surface area contributed by atoms with Gasteiger partial charge in [0.25, 0.3) is 0 Å². The first-order chi connectivity index (χ1) is 9.08. The van der Waals surface area contributed by atoms with Crippen molar-refractivity contribution < 1.29 is 5.11 Å². The molecule has 108 valence electrons. The second-order valence-electron chi connectivity index (χ2n) is 6.04. The topological polar surface area (TPSA) is 36.4 Å². The Morgan fingerprint density at radius 3 is 2.58 bits per heavy atom. The monoisotopic (exact) mass is 282 g/mol. The Bertz CT molecular complexity index is 383. The Labute approximate surface area is 120 Å². The van der Waals surface area contributed by atoms with Crippen molar-refractivity contribution in [1.29, 1.82) is 0 Å². The highest BCUT2D eigenvalue weighted by Gasteiger charge is 2.25. The number of aliphatic hydroxyl groups is 1. The van der Waals surface area contributed by atoms with Crippen LogP contribution >= 0.6 is 11.3 Å². The number of hydrogen-bond acceptors (Lipinski definition) is 4. The Morgan fingerprint density at radius 1 is 1.37 bits per heavy atom. The van der Waals surface area contributed by atoms with Gasteiger partial charge in [-0.3, -0.25) is 0 Å². The fraction of sp³-hybridized carbons (Fsp3) is 0.800. The summed E-state index contributed by atoms with van der Waals surface area (Å²) in [6.07, 6.45) is 7.92. The number of nitrogens with zero attached hydrogens (tertiary/aromatic N) is 2. The summed E-state index contributed by atoms with van der Waals surface area (Å²) in [5.41, 5.74) is 0. The second-order valence-corrected chi connectivity index (χ2v) is 7.08. The molecule has 1 aromatic rings. The zero-order valence-electron chi connectivity index (χ0n) is 12.3. The number of thiazole rings is 1. The predicted octanol–water partition coefficient (Wildman–Crippen LogP) is 3.99. The Balaban J connectivity index is 2.10. The number of aromatic nitrogens is 1. The van der Waals surface area contributed by atoms with E-state index >= 15 is 0 Å². The summed E-state index contributed by atoms with van der Waals surface area (Å²) in [5, 5.41) is 10.8. The van der Waals surface area contributed by atoms with Crippen LogP contribution in [0, 0.1) is 5.92 Å². The number of rotatable bonds is 6. The maximum absolute atomic E-state index is 9.65. The Kier molecular flexibility index (Phi) is 5.22. The van der Waals surface area contributed by atoms with E-state index in [1.165, 1.54) is 32.1 Å². The van der Waals surface area contributed by atoms with Gasteiger partial charge in [-0.05, 0) is 32.1 Å². The summed E-state index contributed by atoms with van der Waals surface area (Å²) in [6.45, 7) is 7.45. The Hall–Kier alpha value is -0.610. The van der Waals surface area contributed by atoms with E-state index in [0.29, 0.717) is 6.04 Å². The van der Waals surface area contributed by atoms with Crippen molar-refractivity contribution in [3.05, 3.63) is 11.1 Å². The van der Waals surface area contributed by atoms with Gasteiger partial charge in [-0.1, -0.05) is 38.0 Å². The summed E-state index contributed by atoms with van der Waals surface area (Å²) in [7, 11) is 0. The van der Waals surface area contributed by atoms with E-state index < -0.39 is 6.10 Å². The summed E-state index contributed by atoms with van der Waals surface area (Å²) in [5.74, 6) is 0.722. The van der Waals surface area contributed by atoms with Gasteiger partial charge >= 0.3 is 0 Å². The highest BCUT2D eigenvalue weighted by molar-refractivity contribution is 7.15. The molecular weight excluding hydrogens is 256 g/mol. The third kappa shape index (κ3) is 3.93. The van der Waals surface area contributed by atoms with E-state index in [9.17, 15) is 5.11 Å². The lowest BCUT2D eigenvalue weighted by atomic mass is 10.1. The van der Waals surface area contributed by atoms with Crippen LogP contribution in [0.3, 0.4) is 0 Å². The summed E-state index contributed by atoms with van der Waals surface area (Å²) < 4.78 is 0. The molecule has 4 heteroatoms. The summed E-state index contributed by atoms with van der Waals surface area (Å²) >= 11 is 1.65. The molecule has 3 nitrogen and oxygen atoms in total. The molecule has 1 aromatic heterocycles. The molecule has 0 aliphatic heterocycles. The summed E-state index contributed by atoms with van der Waals surface area (Å²) in [4.78, 5) is 8.01. The van der Waals surface area contributed by atoms with Gasteiger partial charge in [0, 0.05) is 18.8 Å². The minimum absolute atomic E-state index is 0.401. The van der Waals surface area contributed by atoms with Crippen molar-refractivity contribution in [3.8, 4) is 0 Å². The molecule has 1 aliphatic rings. The number of aliphatic hydroxyl groups excluding tert-OH is 1. The normalized spacial score (nSPS) is 18.2. The van der Waals surface area contributed by atoms with Crippen LogP contribution in [0.5, 0.6) is 0 Å². The molecule has 1 atom stereocenters. The van der Waals surface area contributed by atoms with Crippen LogP contribution in [0.1, 0.15) is 63.9 Å². The standard InChI is InChI=1S/C15H26N2OS/c1-11(2)8-9-17(13-6-4-5-7-13)15-16-10-14(19-15)12(3)18/h10-13,18H,4-9H2,1-3H3. The van der Waals surface area contributed by atoms with Crippen LogP contribution in [0.15, 0.2) is 6.20 Å². The molecule has 0 amide bonds. The lowest BCUT2D eigenvalue weighted by Crippen LogP contribution is -2.34. The smallest absolute Gasteiger partial charge is 0.185 e. The van der Waals surface area contributed by atoms with Gasteiger partial charge < -0.3 is 10.0 Å². The lowest BCUT2D eigenvalue weighted by Gasteiger charge is -2.29. The first-order valence-corrected chi connectivity index (χ1v) is 8.30. The molecule has 0 bridgehead atoms. The quantitative estimate of drug-likeness (QED) is 0.857. The van der Waals surface area contributed by atoms with Crippen LogP contribution in [0.2, 0.25) is 0 Å². The van der Waals surface area contributed by atoms with Gasteiger partial charge in [0.15, 0.2) is 5.13 Å². The molecule has 0 spiro atoms. The molecule has 1 heterocycles. The molecule has 1 aliphatic carbocycles. The summed E-state index contributed by atoms with van der Waals surface area (Å²) in [6, 6.07) is 0.659.